The van der Waals surface area contributed by atoms with E-state index in [1.807, 2.05) is 0 Å². The van der Waals surface area contributed by atoms with E-state index in [1.54, 1.807) is 11.6 Å². The number of rotatable bonds is 3. The van der Waals surface area contributed by atoms with Gasteiger partial charge in [0, 0.05) is 13.1 Å². The van der Waals surface area contributed by atoms with E-state index >= 15 is 0 Å². The second kappa shape index (κ2) is 4.98. The third-order valence-electron chi connectivity index (χ3n) is 2.61. The summed E-state index contributed by atoms with van der Waals surface area (Å²) in [5, 5.41) is 9.33. The fraction of sp³-hybridized carbons (Fsp3) is 0.875. The number of hydrogen-bond donors (Lipinski definition) is 2. The molecule has 0 spiro atoms. The molecular formula is C8H16N2O5S. The van der Waals surface area contributed by atoms with Gasteiger partial charge in [0.05, 0.1) is 13.2 Å². The molecule has 1 amide bonds. The zero-order valence-corrected chi connectivity index (χ0v) is 10.0. The predicted molar refractivity (Wildman–Crippen MR) is 55.8 cm³/mol. The Kier molecular flexibility index (Phi) is 4.11. The minimum Gasteiger partial charge on any atom is -0.452 e. The lowest BCUT2D eigenvalue weighted by atomic mass is 10.0. The highest BCUT2D eigenvalue weighted by atomic mass is 32.2. The maximum atomic E-state index is 11.6. The van der Waals surface area contributed by atoms with E-state index in [2.05, 4.69) is 4.74 Å². The van der Waals surface area contributed by atoms with Crippen LogP contribution in [-0.4, -0.2) is 50.2 Å². The summed E-state index contributed by atoms with van der Waals surface area (Å²) in [5.74, 6) is -0.0887. The van der Waals surface area contributed by atoms with Crippen LogP contribution in [0.5, 0.6) is 0 Å². The lowest BCUT2D eigenvalue weighted by molar-refractivity contribution is 0.132. The van der Waals surface area contributed by atoms with Gasteiger partial charge in [0.2, 0.25) is 0 Å². The molecule has 1 saturated heterocycles. The van der Waals surface area contributed by atoms with Crippen LogP contribution in [0.25, 0.3) is 0 Å². The smallest absolute Gasteiger partial charge is 0.421 e. The van der Waals surface area contributed by atoms with Crippen LogP contribution < -0.4 is 4.72 Å². The average Bonchev–Trinajstić information content (AvgIpc) is 2.66. The van der Waals surface area contributed by atoms with Gasteiger partial charge in [-0.3, -0.25) is 0 Å². The Morgan fingerprint density at radius 3 is 2.69 bits per heavy atom. The molecule has 1 fully saturated rings. The molecule has 1 heterocycles. The second-order valence-corrected chi connectivity index (χ2v) is 5.42. The number of ether oxygens (including phenoxy) is 1. The average molecular weight is 252 g/mol. The first kappa shape index (κ1) is 13.2. The van der Waals surface area contributed by atoms with E-state index in [-0.39, 0.29) is 12.5 Å². The van der Waals surface area contributed by atoms with Crippen LogP contribution in [0.3, 0.4) is 0 Å². The molecule has 2 atom stereocenters. The molecule has 2 N–H and O–H groups in total. The van der Waals surface area contributed by atoms with Gasteiger partial charge < -0.3 is 9.84 Å². The zero-order chi connectivity index (χ0) is 12.3. The van der Waals surface area contributed by atoms with Crippen LogP contribution in [0.4, 0.5) is 4.79 Å². The van der Waals surface area contributed by atoms with Gasteiger partial charge in [-0.15, -0.1) is 0 Å². The molecule has 0 aromatic carbocycles. The molecule has 1 aliphatic rings. The number of hydrogen-bond acceptors (Lipinski definition) is 5. The summed E-state index contributed by atoms with van der Waals surface area (Å²) in [6.07, 6.45) is -0.987. The maximum absolute atomic E-state index is 11.6. The van der Waals surface area contributed by atoms with Crippen LogP contribution in [-0.2, 0) is 14.9 Å². The number of carbonyl (C=O) groups excluding carboxylic acids is 1. The molecule has 2 unspecified atom stereocenters. The summed E-state index contributed by atoms with van der Waals surface area (Å²) in [6.45, 7) is 2.13. The van der Waals surface area contributed by atoms with Gasteiger partial charge >= 0.3 is 16.3 Å². The van der Waals surface area contributed by atoms with E-state index in [1.165, 1.54) is 0 Å². The molecule has 0 bridgehead atoms. The number of aliphatic hydroxyl groups is 1. The van der Waals surface area contributed by atoms with Gasteiger partial charge in [0.25, 0.3) is 0 Å². The Morgan fingerprint density at radius 2 is 2.25 bits per heavy atom. The van der Waals surface area contributed by atoms with Crippen molar-refractivity contribution in [2.75, 3.05) is 20.2 Å². The maximum Gasteiger partial charge on any atom is 0.421 e. The van der Waals surface area contributed by atoms with E-state index in [0.29, 0.717) is 13.0 Å². The van der Waals surface area contributed by atoms with Crippen molar-refractivity contribution in [1.82, 2.24) is 9.03 Å². The first-order valence-electron chi connectivity index (χ1n) is 4.90. The summed E-state index contributed by atoms with van der Waals surface area (Å²) in [4.78, 5) is 10.8. The van der Waals surface area contributed by atoms with Gasteiger partial charge in [0.1, 0.15) is 0 Å². The highest BCUT2D eigenvalue weighted by molar-refractivity contribution is 7.87. The van der Waals surface area contributed by atoms with Gasteiger partial charge in [-0.1, -0.05) is 0 Å². The monoisotopic (exact) mass is 252 g/mol. The van der Waals surface area contributed by atoms with Crippen molar-refractivity contribution < 1.29 is 23.1 Å². The number of aliphatic hydroxyl groups excluding tert-OH is 1. The first-order chi connectivity index (χ1) is 7.36. The lowest BCUT2D eigenvalue weighted by Gasteiger charge is -2.17. The molecule has 0 saturated carbocycles. The fourth-order valence-corrected chi connectivity index (χ4v) is 2.73. The van der Waals surface area contributed by atoms with E-state index < -0.39 is 22.4 Å². The van der Waals surface area contributed by atoms with E-state index in [9.17, 15) is 18.3 Å². The molecule has 1 aliphatic heterocycles. The summed E-state index contributed by atoms with van der Waals surface area (Å²) in [5.41, 5.74) is 0. The van der Waals surface area contributed by atoms with E-state index in [4.69, 9.17) is 0 Å². The van der Waals surface area contributed by atoms with Crippen LogP contribution in [0.2, 0.25) is 0 Å². The van der Waals surface area contributed by atoms with Crippen LogP contribution in [0.15, 0.2) is 0 Å². The van der Waals surface area contributed by atoms with E-state index in [0.717, 1.165) is 11.4 Å². The second-order valence-electron chi connectivity index (χ2n) is 3.75. The van der Waals surface area contributed by atoms with Crippen molar-refractivity contribution in [3.8, 4) is 0 Å². The van der Waals surface area contributed by atoms with Crippen molar-refractivity contribution in [3.05, 3.63) is 0 Å². The van der Waals surface area contributed by atoms with Crippen molar-refractivity contribution in [1.29, 1.82) is 0 Å². The summed E-state index contributed by atoms with van der Waals surface area (Å²) in [6, 6.07) is 0. The minimum atomic E-state index is -3.84. The number of methoxy groups -OCH3 is 1. The number of amides is 1. The standard InChI is InChI=1S/C8H16N2O5S/c1-6(11)7-3-4-10(5-7)16(13,14)9-8(12)15-2/h6-7,11H,3-5H2,1-2H3,(H,9,12). The van der Waals surface area contributed by atoms with Crippen LogP contribution in [0, 0.1) is 5.92 Å². The Labute approximate surface area is 94.6 Å². The third kappa shape index (κ3) is 3.06. The summed E-state index contributed by atoms with van der Waals surface area (Å²) < 4.78 is 30.3. The summed E-state index contributed by atoms with van der Waals surface area (Å²) >= 11 is 0. The molecule has 0 radical (unpaired) electrons. The number of nitrogens with zero attached hydrogens (tertiary/aromatic N) is 1. The predicted octanol–water partition coefficient (Wildman–Crippen LogP) is -0.710. The molecule has 8 heteroatoms. The SMILES string of the molecule is COC(=O)NS(=O)(=O)N1CCC(C(C)O)C1. The highest BCUT2D eigenvalue weighted by Crippen LogP contribution is 2.21. The minimum absolute atomic E-state index is 0.0887. The fourth-order valence-electron chi connectivity index (χ4n) is 1.58. The molecule has 1 rings (SSSR count). The van der Waals surface area contributed by atoms with Gasteiger partial charge in [-0.25, -0.2) is 9.52 Å². The van der Waals surface area contributed by atoms with Crippen LogP contribution in [0.1, 0.15) is 13.3 Å². The van der Waals surface area contributed by atoms with Crippen LogP contribution >= 0.6 is 0 Å². The quantitative estimate of drug-likeness (QED) is 0.691. The largest absolute Gasteiger partial charge is 0.452 e. The Morgan fingerprint density at radius 1 is 1.62 bits per heavy atom. The molecular weight excluding hydrogens is 236 g/mol. The molecule has 7 nitrogen and oxygen atoms in total. The Bertz CT molecular complexity index is 353. The van der Waals surface area contributed by atoms with Gasteiger partial charge in [0.15, 0.2) is 0 Å². The topological polar surface area (TPSA) is 95.9 Å². The Hall–Kier alpha value is -0.860. The number of carbonyl (C=O) groups is 1. The van der Waals surface area contributed by atoms with Crippen molar-refractivity contribution in [2.24, 2.45) is 5.92 Å². The van der Waals surface area contributed by atoms with Crippen molar-refractivity contribution in [3.63, 3.8) is 0 Å². The summed E-state index contributed by atoms with van der Waals surface area (Å²) in [7, 11) is -2.75. The molecule has 0 aromatic rings. The molecule has 0 aromatic heterocycles. The first-order valence-corrected chi connectivity index (χ1v) is 6.34. The van der Waals surface area contributed by atoms with Crippen molar-refractivity contribution >= 4 is 16.3 Å². The van der Waals surface area contributed by atoms with Gasteiger partial charge in [-0.2, -0.15) is 12.7 Å². The zero-order valence-electron chi connectivity index (χ0n) is 9.21. The Balaban J connectivity index is 2.62. The number of nitrogens with one attached hydrogen (secondary N) is 1. The highest BCUT2D eigenvalue weighted by Gasteiger charge is 2.34. The normalized spacial score (nSPS) is 24.1. The van der Waals surface area contributed by atoms with Gasteiger partial charge in [-0.05, 0) is 19.3 Å². The molecule has 16 heavy (non-hydrogen) atoms. The molecule has 0 aliphatic carbocycles. The lowest BCUT2D eigenvalue weighted by Crippen LogP contribution is -2.42. The molecule has 94 valence electrons. The van der Waals surface area contributed by atoms with Crippen molar-refractivity contribution in [2.45, 2.75) is 19.4 Å². The third-order valence-corrected chi connectivity index (χ3v) is 4.04.